The Morgan fingerprint density at radius 1 is 1.33 bits per heavy atom. The van der Waals surface area contributed by atoms with Crippen molar-refractivity contribution < 1.29 is 4.92 Å². The zero-order chi connectivity index (χ0) is 14.8. The van der Waals surface area contributed by atoms with Gasteiger partial charge in [-0.3, -0.25) is 10.1 Å². The molecule has 5 nitrogen and oxygen atoms in total. The number of nitrogens with zero attached hydrogens (tertiary/aromatic N) is 2. The summed E-state index contributed by atoms with van der Waals surface area (Å²) in [7, 11) is 0. The van der Waals surface area contributed by atoms with E-state index in [1.807, 2.05) is 12.1 Å². The van der Waals surface area contributed by atoms with Crippen LogP contribution in [0.1, 0.15) is 31.2 Å². The van der Waals surface area contributed by atoms with Gasteiger partial charge in [-0.2, -0.15) is 0 Å². The molecular formula is C16H23N3O2. The Labute approximate surface area is 125 Å². The third-order valence-corrected chi connectivity index (χ3v) is 4.88. The van der Waals surface area contributed by atoms with Crippen LogP contribution in [-0.4, -0.2) is 30.6 Å². The van der Waals surface area contributed by atoms with E-state index in [1.54, 1.807) is 13.0 Å². The van der Waals surface area contributed by atoms with Gasteiger partial charge in [0.2, 0.25) is 0 Å². The van der Waals surface area contributed by atoms with Gasteiger partial charge >= 0.3 is 0 Å². The Kier molecular flexibility index (Phi) is 4.10. The van der Waals surface area contributed by atoms with Crippen LogP contribution in [0.4, 0.5) is 11.4 Å². The number of nitrogens with one attached hydrogen (secondary N) is 1. The van der Waals surface area contributed by atoms with E-state index in [9.17, 15) is 10.1 Å². The fourth-order valence-electron chi connectivity index (χ4n) is 3.68. The average Bonchev–Trinajstić information content (AvgIpc) is 3.02. The minimum Gasteiger partial charge on any atom is -0.371 e. The lowest BCUT2D eigenvalue weighted by Crippen LogP contribution is -2.43. The number of hydrogen-bond donors (Lipinski definition) is 1. The summed E-state index contributed by atoms with van der Waals surface area (Å²) in [4.78, 5) is 13.1. The zero-order valence-corrected chi connectivity index (χ0v) is 12.5. The number of anilines is 1. The molecule has 0 bridgehead atoms. The second-order valence-electron chi connectivity index (χ2n) is 6.28. The van der Waals surface area contributed by atoms with Crippen LogP contribution in [0.2, 0.25) is 0 Å². The van der Waals surface area contributed by atoms with Crippen molar-refractivity contribution in [2.24, 2.45) is 5.92 Å². The van der Waals surface area contributed by atoms with E-state index in [1.165, 1.54) is 25.7 Å². The van der Waals surface area contributed by atoms with Crippen LogP contribution in [0.25, 0.3) is 0 Å². The number of rotatable bonds is 3. The van der Waals surface area contributed by atoms with Crippen molar-refractivity contribution in [2.75, 3.05) is 24.5 Å². The molecule has 3 rings (SSSR count). The number of nitro groups is 1. The van der Waals surface area contributed by atoms with E-state index >= 15 is 0 Å². The summed E-state index contributed by atoms with van der Waals surface area (Å²) >= 11 is 0. The van der Waals surface area contributed by atoms with Gasteiger partial charge in [0.15, 0.2) is 0 Å². The van der Waals surface area contributed by atoms with Crippen molar-refractivity contribution in [3.05, 3.63) is 33.9 Å². The van der Waals surface area contributed by atoms with Crippen LogP contribution in [0.15, 0.2) is 18.2 Å². The van der Waals surface area contributed by atoms with Crippen molar-refractivity contribution in [3.8, 4) is 0 Å². The van der Waals surface area contributed by atoms with Gasteiger partial charge in [0.05, 0.1) is 4.92 Å². The molecule has 5 heteroatoms. The number of piperidine rings is 1. The molecule has 1 N–H and O–H groups in total. The smallest absolute Gasteiger partial charge is 0.274 e. The van der Waals surface area contributed by atoms with Crippen LogP contribution in [-0.2, 0) is 0 Å². The van der Waals surface area contributed by atoms with Crippen molar-refractivity contribution in [2.45, 2.75) is 38.6 Å². The first-order valence-electron chi connectivity index (χ1n) is 7.88. The summed E-state index contributed by atoms with van der Waals surface area (Å²) in [5.41, 5.74) is 1.96. The maximum absolute atomic E-state index is 11.1. The molecule has 0 aliphatic carbocycles. The maximum atomic E-state index is 11.1. The number of hydrogen-bond acceptors (Lipinski definition) is 4. The van der Waals surface area contributed by atoms with Crippen LogP contribution in [0, 0.1) is 23.0 Å². The fourth-order valence-corrected chi connectivity index (χ4v) is 3.68. The molecule has 2 fully saturated rings. The highest BCUT2D eigenvalue weighted by molar-refractivity contribution is 5.56. The van der Waals surface area contributed by atoms with Gasteiger partial charge in [-0.15, -0.1) is 0 Å². The quantitative estimate of drug-likeness (QED) is 0.686. The third-order valence-electron chi connectivity index (χ3n) is 4.88. The van der Waals surface area contributed by atoms with E-state index in [0.29, 0.717) is 12.0 Å². The summed E-state index contributed by atoms with van der Waals surface area (Å²) in [6, 6.07) is 6.26. The Morgan fingerprint density at radius 3 is 2.90 bits per heavy atom. The van der Waals surface area contributed by atoms with Crippen molar-refractivity contribution in [1.82, 2.24) is 5.32 Å². The maximum Gasteiger partial charge on any atom is 0.274 e. The molecule has 2 aliphatic heterocycles. The predicted molar refractivity (Wildman–Crippen MR) is 83.8 cm³/mol. The molecule has 0 radical (unpaired) electrons. The van der Waals surface area contributed by atoms with E-state index in [0.717, 1.165) is 30.9 Å². The van der Waals surface area contributed by atoms with Gasteiger partial charge in [-0.1, -0.05) is 6.07 Å². The molecule has 2 unspecified atom stereocenters. The minimum absolute atomic E-state index is 0.230. The molecule has 2 atom stereocenters. The van der Waals surface area contributed by atoms with Crippen molar-refractivity contribution in [1.29, 1.82) is 0 Å². The van der Waals surface area contributed by atoms with E-state index in [-0.39, 0.29) is 10.6 Å². The standard InChI is InChI=1S/C16H23N3O2/c1-12-6-7-14(10-16(12)19(20)21)18-9-3-4-13(11-18)15-5-2-8-17-15/h6-7,10,13,15,17H,2-5,8-9,11H2,1H3. The first kappa shape index (κ1) is 14.3. The molecule has 2 aliphatic rings. The normalized spacial score (nSPS) is 26.0. The predicted octanol–water partition coefficient (Wildman–Crippen LogP) is 2.87. The van der Waals surface area contributed by atoms with Gasteiger partial charge < -0.3 is 10.2 Å². The Hall–Kier alpha value is -1.62. The van der Waals surface area contributed by atoms with E-state index in [4.69, 9.17) is 0 Å². The topological polar surface area (TPSA) is 58.4 Å². The molecule has 0 spiro atoms. The van der Waals surface area contributed by atoms with Gasteiger partial charge in [-0.05, 0) is 51.1 Å². The third kappa shape index (κ3) is 3.02. The molecule has 114 valence electrons. The highest BCUT2D eigenvalue weighted by Gasteiger charge is 2.29. The molecule has 1 aromatic carbocycles. The van der Waals surface area contributed by atoms with Gasteiger partial charge in [0.25, 0.3) is 5.69 Å². The lowest BCUT2D eigenvalue weighted by Gasteiger charge is -2.37. The second kappa shape index (κ2) is 6.02. The summed E-state index contributed by atoms with van der Waals surface area (Å²) in [6.45, 7) is 4.95. The number of benzene rings is 1. The van der Waals surface area contributed by atoms with Gasteiger partial charge in [0.1, 0.15) is 0 Å². The van der Waals surface area contributed by atoms with Crippen molar-refractivity contribution in [3.63, 3.8) is 0 Å². The number of aryl methyl sites for hydroxylation is 1. The molecule has 1 aromatic rings. The zero-order valence-electron chi connectivity index (χ0n) is 12.5. The van der Waals surface area contributed by atoms with Gasteiger partial charge in [-0.25, -0.2) is 0 Å². The lowest BCUT2D eigenvalue weighted by atomic mass is 9.89. The van der Waals surface area contributed by atoms with E-state index < -0.39 is 0 Å². The number of nitro benzene ring substituents is 1. The highest BCUT2D eigenvalue weighted by atomic mass is 16.6. The Bertz CT molecular complexity index is 526. The van der Waals surface area contributed by atoms with Crippen LogP contribution in [0.3, 0.4) is 0 Å². The Balaban J connectivity index is 1.76. The average molecular weight is 289 g/mol. The first-order valence-corrected chi connectivity index (χ1v) is 7.88. The monoisotopic (exact) mass is 289 g/mol. The highest BCUT2D eigenvalue weighted by Crippen LogP contribution is 2.31. The van der Waals surface area contributed by atoms with Crippen LogP contribution >= 0.6 is 0 Å². The first-order chi connectivity index (χ1) is 10.1. The fraction of sp³-hybridized carbons (Fsp3) is 0.625. The summed E-state index contributed by atoms with van der Waals surface area (Å²) in [5.74, 6) is 0.668. The van der Waals surface area contributed by atoms with Crippen LogP contribution in [0.5, 0.6) is 0 Å². The van der Waals surface area contributed by atoms with Crippen LogP contribution < -0.4 is 10.2 Å². The molecular weight excluding hydrogens is 266 g/mol. The molecule has 2 heterocycles. The minimum atomic E-state index is -0.279. The molecule has 0 amide bonds. The Morgan fingerprint density at radius 2 is 2.19 bits per heavy atom. The summed E-state index contributed by atoms with van der Waals surface area (Å²) < 4.78 is 0. The van der Waals surface area contributed by atoms with Gasteiger partial charge in [0, 0.05) is 36.4 Å². The largest absolute Gasteiger partial charge is 0.371 e. The van der Waals surface area contributed by atoms with E-state index in [2.05, 4.69) is 10.2 Å². The summed E-state index contributed by atoms with van der Waals surface area (Å²) in [6.07, 6.45) is 4.98. The lowest BCUT2D eigenvalue weighted by molar-refractivity contribution is -0.385. The van der Waals surface area contributed by atoms with Crippen molar-refractivity contribution >= 4 is 11.4 Å². The molecule has 21 heavy (non-hydrogen) atoms. The second-order valence-corrected chi connectivity index (χ2v) is 6.28. The molecule has 0 saturated carbocycles. The molecule has 2 saturated heterocycles. The SMILES string of the molecule is Cc1ccc(N2CCCC(C3CCCN3)C2)cc1[N+](=O)[O-]. The molecule has 0 aromatic heterocycles. The summed E-state index contributed by atoms with van der Waals surface area (Å²) in [5, 5.41) is 14.7.